The first-order chi connectivity index (χ1) is 7.36. The maximum atomic E-state index is 5.18. The largest absolute Gasteiger partial charge is 0.495 e. The first-order valence-electron chi connectivity index (χ1n) is 5.30. The first kappa shape index (κ1) is 8.92. The van der Waals surface area contributed by atoms with Crippen LogP contribution < -0.4 is 10.1 Å². The van der Waals surface area contributed by atoms with Crippen LogP contribution in [0.3, 0.4) is 0 Å². The minimum absolute atomic E-state index is 0.603. The molecule has 0 saturated carbocycles. The molecular formula is C12H14N2O. The second-order valence-corrected chi connectivity index (χ2v) is 4.20. The lowest BCUT2D eigenvalue weighted by Crippen LogP contribution is -2.49. The third-order valence-corrected chi connectivity index (χ3v) is 3.31. The van der Waals surface area contributed by atoms with Gasteiger partial charge >= 0.3 is 0 Å². The Bertz CT molecular complexity index is 414. The summed E-state index contributed by atoms with van der Waals surface area (Å²) < 4.78 is 5.18. The second kappa shape index (κ2) is 3.35. The standard InChI is InChI=1S/C12H14N2O/c1-15-11-3-9(5-13-7-11)8-2-10-6-14-12(10)4-8/h3-5,7,10,12,14H,2,6H2,1H3/t10-,12-/m0/s1. The van der Waals surface area contributed by atoms with Crippen molar-refractivity contribution >= 4 is 5.57 Å². The third kappa shape index (κ3) is 1.43. The highest BCUT2D eigenvalue weighted by atomic mass is 16.5. The Morgan fingerprint density at radius 1 is 1.47 bits per heavy atom. The molecule has 2 aliphatic rings. The molecule has 2 heterocycles. The highest BCUT2D eigenvalue weighted by Gasteiger charge is 2.34. The zero-order valence-electron chi connectivity index (χ0n) is 8.73. The molecular weight excluding hydrogens is 188 g/mol. The Labute approximate surface area is 89.2 Å². The van der Waals surface area contributed by atoms with Crippen molar-refractivity contribution in [2.45, 2.75) is 12.5 Å². The molecule has 0 spiro atoms. The summed E-state index contributed by atoms with van der Waals surface area (Å²) in [5, 5.41) is 3.41. The number of methoxy groups -OCH3 is 1. The number of aromatic nitrogens is 1. The summed E-state index contributed by atoms with van der Waals surface area (Å²) in [6, 6.07) is 2.66. The van der Waals surface area contributed by atoms with Crippen LogP contribution in [-0.4, -0.2) is 24.7 Å². The van der Waals surface area contributed by atoms with Gasteiger partial charge in [-0.3, -0.25) is 4.98 Å². The summed E-state index contributed by atoms with van der Waals surface area (Å²) in [5.41, 5.74) is 2.60. The molecule has 1 aliphatic carbocycles. The summed E-state index contributed by atoms with van der Waals surface area (Å²) in [6.07, 6.45) is 7.15. The lowest BCUT2D eigenvalue weighted by Gasteiger charge is -2.31. The summed E-state index contributed by atoms with van der Waals surface area (Å²) >= 11 is 0. The summed E-state index contributed by atoms with van der Waals surface area (Å²) in [6.45, 7) is 1.15. The Balaban J connectivity index is 1.89. The number of ether oxygens (including phenoxy) is 1. The molecule has 1 aromatic rings. The van der Waals surface area contributed by atoms with Gasteiger partial charge in [0.1, 0.15) is 5.75 Å². The van der Waals surface area contributed by atoms with Crippen molar-refractivity contribution in [2.75, 3.05) is 13.7 Å². The van der Waals surface area contributed by atoms with Crippen LogP contribution in [-0.2, 0) is 0 Å². The molecule has 0 radical (unpaired) electrons. The molecule has 0 amide bonds. The fourth-order valence-corrected chi connectivity index (χ4v) is 2.30. The van der Waals surface area contributed by atoms with Crippen molar-refractivity contribution < 1.29 is 4.74 Å². The molecule has 3 heteroatoms. The summed E-state index contributed by atoms with van der Waals surface area (Å²) in [5.74, 6) is 1.65. The third-order valence-electron chi connectivity index (χ3n) is 3.31. The zero-order valence-corrected chi connectivity index (χ0v) is 8.73. The molecule has 0 aromatic carbocycles. The number of fused-ring (bicyclic) bond motifs is 1. The Morgan fingerprint density at radius 2 is 2.40 bits per heavy atom. The first-order valence-corrected chi connectivity index (χ1v) is 5.30. The molecule has 1 fully saturated rings. The van der Waals surface area contributed by atoms with Gasteiger partial charge in [0.25, 0.3) is 0 Å². The minimum Gasteiger partial charge on any atom is -0.495 e. The van der Waals surface area contributed by atoms with Crippen LogP contribution in [0.5, 0.6) is 5.75 Å². The number of nitrogens with zero attached hydrogens (tertiary/aromatic N) is 1. The van der Waals surface area contributed by atoms with Gasteiger partial charge < -0.3 is 10.1 Å². The molecule has 15 heavy (non-hydrogen) atoms. The van der Waals surface area contributed by atoms with Gasteiger partial charge in [0, 0.05) is 18.8 Å². The van der Waals surface area contributed by atoms with Gasteiger partial charge in [0.2, 0.25) is 0 Å². The number of nitrogens with one attached hydrogen (secondary N) is 1. The number of hydrogen-bond acceptors (Lipinski definition) is 3. The van der Waals surface area contributed by atoms with Crippen LogP contribution in [0.1, 0.15) is 12.0 Å². The van der Waals surface area contributed by atoms with Gasteiger partial charge in [-0.15, -0.1) is 0 Å². The van der Waals surface area contributed by atoms with Gasteiger partial charge in [0.15, 0.2) is 0 Å². The maximum Gasteiger partial charge on any atom is 0.137 e. The van der Waals surface area contributed by atoms with E-state index in [0.29, 0.717) is 6.04 Å². The monoisotopic (exact) mass is 202 g/mol. The predicted octanol–water partition coefficient (Wildman–Crippen LogP) is 1.47. The summed E-state index contributed by atoms with van der Waals surface area (Å²) in [4.78, 5) is 4.18. The number of pyridine rings is 1. The smallest absolute Gasteiger partial charge is 0.137 e. The van der Waals surface area contributed by atoms with E-state index in [9.17, 15) is 0 Å². The fourth-order valence-electron chi connectivity index (χ4n) is 2.30. The fraction of sp³-hybridized carbons (Fsp3) is 0.417. The molecule has 2 atom stereocenters. The number of allylic oxidation sites excluding steroid dienone is 1. The molecule has 1 aliphatic heterocycles. The molecule has 1 aromatic heterocycles. The van der Waals surface area contributed by atoms with Crippen LogP contribution in [0.25, 0.3) is 5.57 Å². The van der Waals surface area contributed by atoms with Crippen molar-refractivity contribution in [2.24, 2.45) is 5.92 Å². The average Bonchev–Trinajstić information content (AvgIpc) is 2.55. The van der Waals surface area contributed by atoms with Crippen LogP contribution in [0.2, 0.25) is 0 Å². The zero-order chi connectivity index (χ0) is 10.3. The predicted molar refractivity (Wildman–Crippen MR) is 58.7 cm³/mol. The van der Waals surface area contributed by atoms with Gasteiger partial charge in [-0.2, -0.15) is 0 Å². The van der Waals surface area contributed by atoms with Gasteiger partial charge in [0.05, 0.1) is 13.3 Å². The van der Waals surface area contributed by atoms with E-state index < -0.39 is 0 Å². The number of hydrogen-bond donors (Lipinski definition) is 1. The van der Waals surface area contributed by atoms with Gasteiger partial charge in [-0.05, 0) is 29.5 Å². The van der Waals surface area contributed by atoms with E-state index >= 15 is 0 Å². The normalized spacial score (nSPS) is 27.9. The van der Waals surface area contributed by atoms with Crippen LogP contribution in [0.15, 0.2) is 24.5 Å². The van der Waals surface area contributed by atoms with Gasteiger partial charge in [-0.25, -0.2) is 0 Å². The second-order valence-electron chi connectivity index (χ2n) is 4.20. The molecule has 1 saturated heterocycles. The van der Waals surface area contributed by atoms with Crippen LogP contribution in [0, 0.1) is 5.92 Å². The van der Waals surface area contributed by atoms with E-state index in [2.05, 4.69) is 22.4 Å². The molecule has 0 bridgehead atoms. The summed E-state index contributed by atoms with van der Waals surface area (Å²) in [7, 11) is 1.68. The van der Waals surface area contributed by atoms with Crippen molar-refractivity contribution in [3.8, 4) is 5.75 Å². The van der Waals surface area contributed by atoms with E-state index in [-0.39, 0.29) is 0 Å². The van der Waals surface area contributed by atoms with Crippen molar-refractivity contribution in [1.29, 1.82) is 0 Å². The molecule has 1 N–H and O–H groups in total. The van der Waals surface area contributed by atoms with Crippen molar-refractivity contribution in [3.63, 3.8) is 0 Å². The van der Waals surface area contributed by atoms with Gasteiger partial charge in [-0.1, -0.05) is 6.08 Å². The van der Waals surface area contributed by atoms with E-state index in [0.717, 1.165) is 18.2 Å². The highest BCUT2D eigenvalue weighted by Crippen LogP contribution is 2.36. The highest BCUT2D eigenvalue weighted by molar-refractivity contribution is 5.69. The van der Waals surface area contributed by atoms with E-state index in [4.69, 9.17) is 4.74 Å². The Hall–Kier alpha value is -1.35. The Kier molecular flexibility index (Phi) is 1.99. The lowest BCUT2D eigenvalue weighted by molar-refractivity contribution is 0.301. The molecule has 0 unspecified atom stereocenters. The topological polar surface area (TPSA) is 34.1 Å². The van der Waals surface area contributed by atoms with E-state index in [1.54, 1.807) is 13.3 Å². The number of rotatable bonds is 2. The molecule has 3 rings (SSSR count). The van der Waals surface area contributed by atoms with Crippen LogP contribution >= 0.6 is 0 Å². The van der Waals surface area contributed by atoms with Crippen LogP contribution in [0.4, 0.5) is 0 Å². The SMILES string of the molecule is COc1cncc(C2=C[C@@H]3NC[C@@H]3C2)c1. The Morgan fingerprint density at radius 3 is 3.00 bits per heavy atom. The van der Waals surface area contributed by atoms with Crippen molar-refractivity contribution in [1.82, 2.24) is 10.3 Å². The molecule has 78 valence electrons. The molecule has 3 nitrogen and oxygen atoms in total. The maximum absolute atomic E-state index is 5.18. The van der Waals surface area contributed by atoms with E-state index in [1.807, 2.05) is 6.20 Å². The van der Waals surface area contributed by atoms with Crippen molar-refractivity contribution in [3.05, 3.63) is 30.1 Å². The quantitative estimate of drug-likeness (QED) is 0.788. The lowest BCUT2D eigenvalue weighted by atomic mass is 9.94. The van der Waals surface area contributed by atoms with E-state index in [1.165, 1.54) is 17.6 Å². The minimum atomic E-state index is 0.603. The average molecular weight is 202 g/mol.